The number of hydrogen-bond donors (Lipinski definition) is 0. The maximum absolute atomic E-state index is 12.9. The molecule has 1 atom stereocenters. The first-order chi connectivity index (χ1) is 9.49. The molecular weight excluding hydrogens is 261 g/mol. The number of carbonyl (C=O) groups excluding carboxylic acids is 2. The van der Waals surface area contributed by atoms with Gasteiger partial charge in [0.15, 0.2) is 0 Å². The van der Waals surface area contributed by atoms with E-state index < -0.39 is 11.7 Å². The molecule has 0 aromatic heterocycles. The molecule has 0 saturated heterocycles. The van der Waals surface area contributed by atoms with Crippen LogP contribution < -0.4 is 0 Å². The summed E-state index contributed by atoms with van der Waals surface area (Å²) in [6.07, 6.45) is 1.57. The van der Waals surface area contributed by atoms with Crippen LogP contribution in [0.25, 0.3) is 0 Å². The second-order valence-electron chi connectivity index (χ2n) is 4.43. The van der Waals surface area contributed by atoms with Crippen LogP contribution in [0.3, 0.4) is 0 Å². The average Bonchev–Trinajstić information content (AvgIpc) is 2.45. The van der Waals surface area contributed by atoms with Crippen LogP contribution in [0.5, 0.6) is 0 Å². The fourth-order valence-electron chi connectivity index (χ4n) is 1.78. The van der Waals surface area contributed by atoms with Gasteiger partial charge < -0.3 is 9.64 Å². The van der Waals surface area contributed by atoms with Crippen LogP contribution in [-0.4, -0.2) is 37.0 Å². The number of carbonyl (C=O) groups is 2. The molecule has 0 bridgehead atoms. The van der Waals surface area contributed by atoms with E-state index >= 15 is 0 Å². The highest BCUT2D eigenvalue weighted by atomic mass is 19.1. The highest BCUT2D eigenvalue weighted by Gasteiger charge is 2.21. The number of benzene rings is 1. The second-order valence-corrected chi connectivity index (χ2v) is 4.43. The van der Waals surface area contributed by atoms with E-state index in [2.05, 4.69) is 11.3 Å². The van der Waals surface area contributed by atoms with Gasteiger partial charge in [0, 0.05) is 18.7 Å². The highest BCUT2D eigenvalue weighted by Crippen LogP contribution is 2.10. The van der Waals surface area contributed by atoms with Crippen LogP contribution in [0.15, 0.2) is 36.9 Å². The van der Waals surface area contributed by atoms with Crippen molar-refractivity contribution in [2.24, 2.45) is 5.92 Å². The highest BCUT2D eigenvalue weighted by molar-refractivity contribution is 5.94. The maximum Gasteiger partial charge on any atom is 0.310 e. The van der Waals surface area contributed by atoms with Crippen LogP contribution in [0.2, 0.25) is 0 Å². The van der Waals surface area contributed by atoms with E-state index in [1.807, 2.05) is 0 Å². The van der Waals surface area contributed by atoms with Crippen molar-refractivity contribution in [3.8, 4) is 0 Å². The summed E-state index contributed by atoms with van der Waals surface area (Å²) in [4.78, 5) is 25.2. The van der Waals surface area contributed by atoms with Crippen molar-refractivity contribution in [3.63, 3.8) is 0 Å². The van der Waals surface area contributed by atoms with Gasteiger partial charge in [-0.05, 0) is 24.3 Å². The van der Waals surface area contributed by atoms with Gasteiger partial charge in [0.2, 0.25) is 0 Å². The van der Waals surface area contributed by atoms with E-state index in [4.69, 9.17) is 0 Å². The van der Waals surface area contributed by atoms with Gasteiger partial charge in [-0.15, -0.1) is 6.58 Å². The molecular formula is C15H18FNO3. The van der Waals surface area contributed by atoms with Crippen LogP contribution in [0.4, 0.5) is 4.39 Å². The van der Waals surface area contributed by atoms with E-state index in [-0.39, 0.29) is 18.4 Å². The molecule has 20 heavy (non-hydrogen) atoms. The second kappa shape index (κ2) is 7.43. The van der Waals surface area contributed by atoms with Crippen molar-refractivity contribution < 1.29 is 18.7 Å². The first-order valence-corrected chi connectivity index (χ1v) is 6.23. The summed E-state index contributed by atoms with van der Waals surface area (Å²) in [5.41, 5.74) is 0.366. The molecule has 1 aromatic carbocycles. The Bertz CT molecular complexity index is 484. The Labute approximate surface area is 117 Å². The molecule has 108 valence electrons. The topological polar surface area (TPSA) is 46.6 Å². The molecule has 4 nitrogen and oxygen atoms in total. The normalized spacial score (nSPS) is 11.6. The molecule has 0 N–H and O–H groups in total. The number of ether oxygens (including phenoxy) is 1. The number of rotatable bonds is 6. The Morgan fingerprint density at radius 3 is 2.50 bits per heavy atom. The van der Waals surface area contributed by atoms with E-state index in [1.165, 1.54) is 36.3 Å². The zero-order valence-electron chi connectivity index (χ0n) is 11.6. The summed E-state index contributed by atoms with van der Waals surface area (Å²) in [6.45, 7) is 5.79. The summed E-state index contributed by atoms with van der Waals surface area (Å²) in [5, 5.41) is 0. The van der Waals surface area contributed by atoms with Gasteiger partial charge in [0.1, 0.15) is 5.82 Å². The summed E-state index contributed by atoms with van der Waals surface area (Å²) >= 11 is 0. The number of methoxy groups -OCH3 is 1. The minimum Gasteiger partial charge on any atom is -0.469 e. The standard InChI is InChI=1S/C15H18FNO3/c1-4-9-17(10-11(2)15(19)20-3)14(18)12-5-7-13(16)8-6-12/h4-8,11H,1,9-10H2,2-3H3. The first-order valence-electron chi connectivity index (χ1n) is 6.23. The number of esters is 1. The van der Waals surface area contributed by atoms with Gasteiger partial charge in [-0.3, -0.25) is 9.59 Å². The molecule has 1 amide bonds. The Kier molecular flexibility index (Phi) is 5.90. The van der Waals surface area contributed by atoms with Crippen molar-refractivity contribution in [2.75, 3.05) is 20.2 Å². The lowest BCUT2D eigenvalue weighted by Crippen LogP contribution is -2.37. The Hall–Kier alpha value is -2.17. The fourth-order valence-corrected chi connectivity index (χ4v) is 1.78. The van der Waals surface area contributed by atoms with Gasteiger partial charge in [-0.25, -0.2) is 4.39 Å². The van der Waals surface area contributed by atoms with Gasteiger partial charge in [-0.2, -0.15) is 0 Å². The van der Waals surface area contributed by atoms with Crippen LogP contribution in [0, 0.1) is 11.7 Å². The average molecular weight is 279 g/mol. The minimum absolute atomic E-state index is 0.217. The number of hydrogen-bond acceptors (Lipinski definition) is 3. The minimum atomic E-state index is -0.440. The molecule has 0 aliphatic heterocycles. The van der Waals surface area contributed by atoms with Crippen LogP contribution >= 0.6 is 0 Å². The van der Waals surface area contributed by atoms with Crippen LogP contribution in [0.1, 0.15) is 17.3 Å². The Balaban J connectivity index is 2.84. The third kappa shape index (κ3) is 4.19. The van der Waals surface area contributed by atoms with Gasteiger partial charge in [-0.1, -0.05) is 13.0 Å². The molecule has 0 fully saturated rings. The third-order valence-electron chi connectivity index (χ3n) is 2.83. The van der Waals surface area contributed by atoms with E-state index in [1.54, 1.807) is 13.0 Å². The molecule has 5 heteroatoms. The third-order valence-corrected chi connectivity index (χ3v) is 2.83. The smallest absolute Gasteiger partial charge is 0.310 e. The molecule has 1 aromatic rings. The van der Waals surface area contributed by atoms with Crippen molar-refractivity contribution in [3.05, 3.63) is 48.3 Å². The van der Waals surface area contributed by atoms with Crippen LogP contribution in [-0.2, 0) is 9.53 Å². The number of halogens is 1. The van der Waals surface area contributed by atoms with E-state index in [9.17, 15) is 14.0 Å². The SMILES string of the molecule is C=CCN(CC(C)C(=O)OC)C(=O)c1ccc(F)cc1. The summed E-state index contributed by atoms with van der Waals surface area (Å²) in [5.74, 6) is -1.50. The molecule has 0 spiro atoms. The van der Waals surface area contributed by atoms with Crippen molar-refractivity contribution in [2.45, 2.75) is 6.92 Å². The molecule has 0 aliphatic carbocycles. The van der Waals surface area contributed by atoms with Gasteiger partial charge in [0.05, 0.1) is 13.0 Å². The van der Waals surface area contributed by atoms with Crippen molar-refractivity contribution >= 4 is 11.9 Å². The summed E-state index contributed by atoms with van der Waals surface area (Å²) in [7, 11) is 1.30. The lowest BCUT2D eigenvalue weighted by atomic mass is 10.1. The molecule has 0 radical (unpaired) electrons. The summed E-state index contributed by atoms with van der Waals surface area (Å²) in [6, 6.07) is 5.28. The largest absolute Gasteiger partial charge is 0.469 e. The van der Waals surface area contributed by atoms with Crippen molar-refractivity contribution in [1.29, 1.82) is 0 Å². The predicted octanol–water partition coefficient (Wildman–Crippen LogP) is 2.26. The Morgan fingerprint density at radius 2 is 2.00 bits per heavy atom. The van der Waals surface area contributed by atoms with Gasteiger partial charge >= 0.3 is 5.97 Å². The zero-order valence-corrected chi connectivity index (χ0v) is 11.6. The molecule has 0 aliphatic rings. The van der Waals surface area contributed by atoms with E-state index in [0.717, 1.165) is 0 Å². The molecule has 1 rings (SSSR count). The first kappa shape index (κ1) is 15.9. The predicted molar refractivity (Wildman–Crippen MR) is 73.7 cm³/mol. The lowest BCUT2D eigenvalue weighted by molar-refractivity contribution is -0.145. The number of amides is 1. The maximum atomic E-state index is 12.9. The Morgan fingerprint density at radius 1 is 1.40 bits per heavy atom. The number of nitrogens with zero attached hydrogens (tertiary/aromatic N) is 1. The van der Waals surface area contributed by atoms with Crippen molar-refractivity contribution in [1.82, 2.24) is 4.90 Å². The summed E-state index contributed by atoms with van der Waals surface area (Å²) < 4.78 is 17.5. The monoisotopic (exact) mass is 279 g/mol. The quantitative estimate of drug-likeness (QED) is 0.593. The molecule has 1 unspecified atom stereocenters. The zero-order chi connectivity index (χ0) is 15.1. The molecule has 0 heterocycles. The molecule has 0 saturated carbocycles. The van der Waals surface area contributed by atoms with Gasteiger partial charge in [0.25, 0.3) is 5.91 Å². The van der Waals surface area contributed by atoms with E-state index in [0.29, 0.717) is 12.1 Å². The fraction of sp³-hybridized carbons (Fsp3) is 0.333. The lowest BCUT2D eigenvalue weighted by Gasteiger charge is -2.23.